The van der Waals surface area contributed by atoms with Gasteiger partial charge in [0.2, 0.25) is 11.2 Å². The van der Waals surface area contributed by atoms with Crippen molar-refractivity contribution in [3.05, 3.63) is 94.6 Å². The number of benzene rings is 2. The number of sulfone groups is 1. The van der Waals surface area contributed by atoms with Gasteiger partial charge in [-0.15, -0.1) is 0 Å². The van der Waals surface area contributed by atoms with Crippen LogP contribution < -0.4 is 10.2 Å². The molecule has 9 heteroatoms. The Morgan fingerprint density at radius 2 is 1.79 bits per heavy atom. The van der Waals surface area contributed by atoms with Crippen LogP contribution in [-0.4, -0.2) is 32.5 Å². The second-order valence-corrected chi connectivity index (χ2v) is 9.63. The van der Waals surface area contributed by atoms with Crippen molar-refractivity contribution in [2.75, 3.05) is 19.5 Å². The molecule has 0 fully saturated rings. The molecule has 0 N–H and O–H groups in total. The largest absolute Gasteiger partial charge is 0.482 e. The zero-order chi connectivity index (χ0) is 23.4. The van der Waals surface area contributed by atoms with Gasteiger partial charge in [0.15, 0.2) is 9.84 Å². The first kappa shape index (κ1) is 22.8. The van der Waals surface area contributed by atoms with Crippen molar-refractivity contribution in [3.63, 3.8) is 0 Å². The van der Waals surface area contributed by atoms with Gasteiger partial charge in [0, 0.05) is 31.0 Å². The summed E-state index contributed by atoms with van der Waals surface area (Å²) in [5.74, 6) is 0.0764. The monoisotopic (exact) mass is 471 g/mol. The standard InChI is InChI=1S/C24H22FNO6S/c1-30-8-9-33(28,29)22-6-2-17(3-7-22)15-32-24-16-31-21(11-23(24)27)14-26-12-18-4-5-20(25)10-19(18)13-26/h2-7,10-13,16H,8-9,14-15H2,1H3. The number of hydrogen-bond donors (Lipinski definition) is 0. The molecule has 0 spiro atoms. The van der Waals surface area contributed by atoms with Crippen LogP contribution in [0.4, 0.5) is 4.39 Å². The first-order chi connectivity index (χ1) is 15.8. The first-order valence-corrected chi connectivity index (χ1v) is 11.8. The molecule has 4 aromatic rings. The van der Waals surface area contributed by atoms with Crippen LogP contribution in [0.5, 0.6) is 5.75 Å². The maximum Gasteiger partial charge on any atom is 0.227 e. The third-order valence-corrected chi connectivity index (χ3v) is 6.78. The third-order valence-electron chi connectivity index (χ3n) is 5.08. The molecular weight excluding hydrogens is 449 g/mol. The van der Waals surface area contributed by atoms with Crippen LogP contribution in [0.25, 0.3) is 10.8 Å². The molecule has 0 bridgehead atoms. The Balaban J connectivity index is 1.39. The Hall–Kier alpha value is -3.43. The number of aromatic nitrogens is 1. The molecule has 4 rings (SSSR count). The lowest BCUT2D eigenvalue weighted by molar-refractivity contribution is 0.217. The van der Waals surface area contributed by atoms with Crippen molar-refractivity contribution in [1.82, 2.24) is 4.57 Å². The molecule has 0 saturated carbocycles. The predicted molar refractivity (Wildman–Crippen MR) is 121 cm³/mol. The molecule has 2 aromatic heterocycles. The molecule has 2 aromatic carbocycles. The highest BCUT2D eigenvalue weighted by Crippen LogP contribution is 2.18. The van der Waals surface area contributed by atoms with E-state index in [2.05, 4.69) is 0 Å². The Morgan fingerprint density at radius 1 is 1.03 bits per heavy atom. The van der Waals surface area contributed by atoms with Crippen LogP contribution in [0, 0.1) is 5.82 Å². The molecule has 172 valence electrons. The number of nitrogens with zero attached hydrogens (tertiary/aromatic N) is 1. The van der Waals surface area contributed by atoms with Gasteiger partial charge < -0.3 is 18.5 Å². The zero-order valence-corrected chi connectivity index (χ0v) is 18.7. The van der Waals surface area contributed by atoms with E-state index < -0.39 is 9.84 Å². The lowest BCUT2D eigenvalue weighted by atomic mass is 10.2. The summed E-state index contributed by atoms with van der Waals surface area (Å²) >= 11 is 0. The zero-order valence-electron chi connectivity index (χ0n) is 17.9. The fraction of sp³-hybridized carbons (Fsp3) is 0.208. The van der Waals surface area contributed by atoms with Gasteiger partial charge in [-0.25, -0.2) is 12.8 Å². The molecule has 33 heavy (non-hydrogen) atoms. The van der Waals surface area contributed by atoms with Crippen molar-refractivity contribution in [2.45, 2.75) is 18.0 Å². The predicted octanol–water partition coefficient (Wildman–Crippen LogP) is 3.78. The van der Waals surface area contributed by atoms with Gasteiger partial charge in [-0.1, -0.05) is 12.1 Å². The average Bonchev–Trinajstić information content (AvgIpc) is 3.18. The number of ether oxygens (including phenoxy) is 2. The topological polar surface area (TPSA) is 87.7 Å². The van der Waals surface area contributed by atoms with E-state index in [9.17, 15) is 17.6 Å². The summed E-state index contributed by atoms with van der Waals surface area (Å²) in [6, 6.07) is 12.2. The minimum absolute atomic E-state index is 0.0512. The van der Waals surface area contributed by atoms with E-state index in [1.165, 1.54) is 43.7 Å². The van der Waals surface area contributed by atoms with E-state index in [-0.39, 0.29) is 40.9 Å². The molecule has 0 amide bonds. The quantitative estimate of drug-likeness (QED) is 0.369. The minimum Gasteiger partial charge on any atom is -0.482 e. The van der Waals surface area contributed by atoms with Crippen LogP contribution >= 0.6 is 0 Å². The first-order valence-electron chi connectivity index (χ1n) is 10.1. The van der Waals surface area contributed by atoms with E-state index in [0.717, 1.165) is 10.8 Å². The molecule has 0 unspecified atom stereocenters. The minimum atomic E-state index is -3.41. The van der Waals surface area contributed by atoms with E-state index in [1.54, 1.807) is 24.4 Å². The molecule has 0 aliphatic carbocycles. The summed E-state index contributed by atoms with van der Waals surface area (Å²) in [7, 11) is -1.96. The second kappa shape index (κ2) is 9.60. The van der Waals surface area contributed by atoms with Crippen molar-refractivity contribution in [3.8, 4) is 5.75 Å². The van der Waals surface area contributed by atoms with Crippen molar-refractivity contribution < 1.29 is 26.7 Å². The van der Waals surface area contributed by atoms with Gasteiger partial charge in [0.25, 0.3) is 0 Å². The smallest absolute Gasteiger partial charge is 0.227 e. The van der Waals surface area contributed by atoms with Crippen molar-refractivity contribution >= 4 is 20.6 Å². The normalized spacial score (nSPS) is 11.7. The van der Waals surface area contributed by atoms with Crippen LogP contribution in [0.1, 0.15) is 11.3 Å². The Kier molecular flexibility index (Phi) is 6.62. The number of methoxy groups -OCH3 is 1. The van der Waals surface area contributed by atoms with Gasteiger partial charge in [-0.3, -0.25) is 4.79 Å². The highest BCUT2D eigenvalue weighted by Gasteiger charge is 2.14. The average molecular weight is 472 g/mol. The van der Waals surface area contributed by atoms with Crippen LogP contribution in [0.3, 0.4) is 0 Å². The maximum atomic E-state index is 13.4. The summed E-state index contributed by atoms with van der Waals surface area (Å²) in [5, 5.41) is 1.64. The Morgan fingerprint density at radius 3 is 2.52 bits per heavy atom. The third kappa shape index (κ3) is 5.50. The lowest BCUT2D eigenvalue weighted by Crippen LogP contribution is -2.12. The molecule has 0 atom stereocenters. The molecule has 2 heterocycles. The maximum absolute atomic E-state index is 13.4. The van der Waals surface area contributed by atoms with Crippen LogP contribution in [0.2, 0.25) is 0 Å². The second-order valence-electron chi connectivity index (χ2n) is 7.52. The van der Waals surface area contributed by atoms with Gasteiger partial charge >= 0.3 is 0 Å². The Labute approximate surface area is 189 Å². The van der Waals surface area contributed by atoms with Crippen LogP contribution in [0.15, 0.2) is 81.3 Å². The SMILES string of the molecule is COCCS(=O)(=O)c1ccc(COc2coc(Cn3cc4ccc(F)cc4c3)cc2=O)cc1. The highest BCUT2D eigenvalue weighted by atomic mass is 32.2. The molecule has 0 radical (unpaired) electrons. The van der Waals surface area contributed by atoms with Crippen molar-refractivity contribution in [1.29, 1.82) is 0 Å². The van der Waals surface area contributed by atoms with E-state index in [4.69, 9.17) is 13.9 Å². The summed E-state index contributed by atoms with van der Waals surface area (Å²) in [5.41, 5.74) is 0.369. The molecule has 0 aliphatic heterocycles. The molecular formula is C24H22FNO6S. The fourth-order valence-electron chi connectivity index (χ4n) is 3.33. The summed E-state index contributed by atoms with van der Waals surface area (Å²) < 4.78 is 55.4. The number of rotatable bonds is 9. The van der Waals surface area contributed by atoms with Gasteiger partial charge in [-0.05, 0) is 41.3 Å². The summed E-state index contributed by atoms with van der Waals surface area (Å²) in [6.07, 6.45) is 4.88. The summed E-state index contributed by atoms with van der Waals surface area (Å²) in [6.45, 7) is 0.514. The van der Waals surface area contributed by atoms with Crippen LogP contribution in [-0.2, 0) is 27.7 Å². The number of halogens is 1. The number of hydrogen-bond acceptors (Lipinski definition) is 6. The van der Waals surface area contributed by atoms with E-state index in [0.29, 0.717) is 17.9 Å². The number of fused-ring (bicyclic) bond motifs is 1. The van der Waals surface area contributed by atoms with Crippen molar-refractivity contribution in [2.24, 2.45) is 0 Å². The van der Waals surface area contributed by atoms with E-state index in [1.807, 2.05) is 10.8 Å². The van der Waals surface area contributed by atoms with Gasteiger partial charge in [0.05, 0.1) is 23.8 Å². The summed E-state index contributed by atoms with van der Waals surface area (Å²) in [4.78, 5) is 12.6. The fourth-order valence-corrected chi connectivity index (χ4v) is 4.51. The lowest BCUT2D eigenvalue weighted by Gasteiger charge is -2.08. The van der Waals surface area contributed by atoms with Gasteiger partial charge in [0.1, 0.15) is 24.4 Å². The highest BCUT2D eigenvalue weighted by molar-refractivity contribution is 7.91. The molecule has 0 saturated heterocycles. The Bertz CT molecular complexity index is 1420. The molecule has 0 aliphatic rings. The molecule has 7 nitrogen and oxygen atoms in total. The van der Waals surface area contributed by atoms with Gasteiger partial charge in [-0.2, -0.15) is 0 Å². The van der Waals surface area contributed by atoms with E-state index >= 15 is 0 Å².